The Bertz CT molecular complexity index is 884. The van der Waals surface area contributed by atoms with Crippen molar-refractivity contribution in [1.29, 1.82) is 0 Å². The van der Waals surface area contributed by atoms with Crippen molar-refractivity contribution in [1.82, 2.24) is 0 Å². The second-order valence-electron chi connectivity index (χ2n) is 6.90. The quantitative estimate of drug-likeness (QED) is 0.374. The molecule has 0 aliphatic heterocycles. The molecule has 0 aromatic heterocycles. The minimum Gasteiger partial charge on any atom is -0.491 e. The first-order valence-electron chi connectivity index (χ1n) is 9.85. The number of benzene rings is 2. The average Bonchev–Trinajstić information content (AvgIpc) is 2.75. The van der Waals surface area contributed by atoms with Crippen LogP contribution in [-0.2, 0) is 9.53 Å². The Morgan fingerprint density at radius 2 is 1.94 bits per heavy atom. The van der Waals surface area contributed by atoms with Crippen molar-refractivity contribution in [3.63, 3.8) is 0 Å². The van der Waals surface area contributed by atoms with Crippen LogP contribution in [0.25, 0.3) is 0 Å². The number of carbonyl (C=O) groups is 2. The topological polar surface area (TPSA) is 105 Å². The van der Waals surface area contributed by atoms with Gasteiger partial charge in [0, 0.05) is 16.2 Å². The van der Waals surface area contributed by atoms with Gasteiger partial charge in [-0.15, -0.1) is 0 Å². The molecule has 0 radical (unpaired) electrons. The lowest BCUT2D eigenvalue weighted by molar-refractivity contribution is -0.131. The van der Waals surface area contributed by atoms with Gasteiger partial charge in [0.05, 0.1) is 6.61 Å². The number of hydrogen-bond acceptors (Lipinski definition) is 5. The number of amides is 1. The van der Waals surface area contributed by atoms with E-state index in [1.54, 1.807) is 36.4 Å². The van der Waals surface area contributed by atoms with Gasteiger partial charge in [-0.1, -0.05) is 41.1 Å². The second kappa shape index (κ2) is 12.8. The van der Waals surface area contributed by atoms with E-state index in [2.05, 4.69) is 21.2 Å². The highest BCUT2D eigenvalue weighted by Gasteiger charge is 2.24. The van der Waals surface area contributed by atoms with Crippen molar-refractivity contribution in [3.8, 4) is 5.75 Å². The maximum Gasteiger partial charge on any atom is 0.412 e. The third kappa shape index (κ3) is 8.82. The molecule has 0 unspecified atom stereocenters. The van der Waals surface area contributed by atoms with Gasteiger partial charge in [0.15, 0.2) is 0 Å². The van der Waals surface area contributed by atoms with Crippen LogP contribution in [0, 0.1) is 5.92 Å². The Balaban J connectivity index is 2.15. The van der Waals surface area contributed by atoms with Crippen LogP contribution in [0.5, 0.6) is 5.75 Å². The molecule has 0 heterocycles. The number of allylic oxidation sites excluding steroid dienone is 1. The number of nitrogens with one attached hydrogen (secondary N) is 1. The van der Waals surface area contributed by atoms with Gasteiger partial charge in [-0.3, -0.25) is 5.32 Å². The minimum atomic E-state index is -0.997. The fraction of sp³-hybridized carbons (Fsp3) is 0.304. The van der Waals surface area contributed by atoms with E-state index in [0.717, 1.165) is 16.1 Å². The number of rotatable bonds is 11. The maximum atomic E-state index is 12.6. The fourth-order valence-corrected chi connectivity index (χ4v) is 3.21. The first-order chi connectivity index (χ1) is 14.9. The smallest absolute Gasteiger partial charge is 0.412 e. The van der Waals surface area contributed by atoms with E-state index in [1.807, 2.05) is 25.1 Å². The van der Waals surface area contributed by atoms with E-state index in [9.17, 15) is 9.59 Å². The summed E-state index contributed by atoms with van der Waals surface area (Å²) >= 11 is 3.35. The van der Waals surface area contributed by atoms with Crippen molar-refractivity contribution >= 4 is 33.7 Å². The van der Waals surface area contributed by atoms with Gasteiger partial charge < -0.3 is 19.7 Å². The molecule has 2 rings (SSSR count). The largest absolute Gasteiger partial charge is 0.491 e. The zero-order chi connectivity index (χ0) is 22.6. The molecule has 0 aliphatic carbocycles. The van der Waals surface area contributed by atoms with Crippen LogP contribution in [0.3, 0.4) is 0 Å². The Kier molecular flexibility index (Phi) is 10.1. The third-order valence-electron chi connectivity index (χ3n) is 4.44. The SMILES string of the molecule is C[C@H](CC/C=C/C(=O)O)[C@H](OC(=O)Nc1ccc(Br)cc1)c1cccc(OCCO)c1. The molecule has 0 spiro atoms. The normalized spacial score (nSPS) is 12.9. The monoisotopic (exact) mass is 491 g/mol. The Morgan fingerprint density at radius 3 is 2.61 bits per heavy atom. The van der Waals surface area contributed by atoms with Crippen LogP contribution in [0.15, 0.2) is 65.2 Å². The van der Waals surface area contributed by atoms with E-state index < -0.39 is 18.2 Å². The lowest BCUT2D eigenvalue weighted by atomic mass is 9.93. The number of aliphatic carboxylic acids is 1. The number of anilines is 1. The van der Waals surface area contributed by atoms with Crippen molar-refractivity contribution in [2.24, 2.45) is 5.92 Å². The molecule has 8 heteroatoms. The summed E-state index contributed by atoms with van der Waals surface area (Å²) < 4.78 is 12.1. The number of aliphatic hydroxyl groups is 1. The van der Waals surface area contributed by atoms with Gasteiger partial charge >= 0.3 is 12.1 Å². The van der Waals surface area contributed by atoms with Crippen LogP contribution in [0.4, 0.5) is 10.5 Å². The highest BCUT2D eigenvalue weighted by molar-refractivity contribution is 9.10. The molecule has 2 aromatic rings. The highest BCUT2D eigenvalue weighted by atomic mass is 79.9. The molecule has 166 valence electrons. The van der Waals surface area contributed by atoms with Crippen molar-refractivity contribution in [2.45, 2.75) is 25.9 Å². The van der Waals surface area contributed by atoms with E-state index >= 15 is 0 Å². The summed E-state index contributed by atoms with van der Waals surface area (Å²) in [6.07, 6.45) is 2.66. The highest BCUT2D eigenvalue weighted by Crippen LogP contribution is 2.32. The number of aliphatic hydroxyl groups excluding tert-OH is 1. The minimum absolute atomic E-state index is 0.0952. The predicted molar refractivity (Wildman–Crippen MR) is 121 cm³/mol. The summed E-state index contributed by atoms with van der Waals surface area (Å²) in [6.45, 7) is 1.99. The first-order valence-corrected chi connectivity index (χ1v) is 10.6. The van der Waals surface area contributed by atoms with Crippen LogP contribution in [0.2, 0.25) is 0 Å². The molecule has 31 heavy (non-hydrogen) atoms. The van der Waals surface area contributed by atoms with Gasteiger partial charge in [0.25, 0.3) is 0 Å². The number of halogens is 1. The summed E-state index contributed by atoms with van der Waals surface area (Å²) in [6, 6.07) is 14.3. The van der Waals surface area contributed by atoms with E-state index in [0.29, 0.717) is 24.3 Å². The molecular weight excluding hydrogens is 466 g/mol. The Hall–Kier alpha value is -2.84. The molecule has 1 amide bonds. The Morgan fingerprint density at radius 1 is 1.19 bits per heavy atom. The molecule has 0 saturated carbocycles. The van der Waals surface area contributed by atoms with E-state index in [1.165, 1.54) is 0 Å². The molecule has 0 saturated heterocycles. The van der Waals surface area contributed by atoms with Gasteiger partial charge in [0.1, 0.15) is 18.5 Å². The van der Waals surface area contributed by atoms with Gasteiger partial charge in [-0.25, -0.2) is 9.59 Å². The summed E-state index contributed by atoms with van der Waals surface area (Å²) in [4.78, 5) is 23.2. The summed E-state index contributed by atoms with van der Waals surface area (Å²) in [5, 5.41) is 20.4. The molecule has 0 bridgehead atoms. The van der Waals surface area contributed by atoms with Crippen molar-refractivity contribution in [2.75, 3.05) is 18.5 Å². The lowest BCUT2D eigenvalue weighted by Gasteiger charge is -2.25. The fourth-order valence-electron chi connectivity index (χ4n) is 2.95. The second-order valence-corrected chi connectivity index (χ2v) is 7.81. The zero-order valence-corrected chi connectivity index (χ0v) is 18.7. The number of carbonyl (C=O) groups excluding carboxylic acids is 1. The number of hydrogen-bond donors (Lipinski definition) is 3. The summed E-state index contributed by atoms with van der Waals surface area (Å²) in [5.74, 6) is -0.531. The molecule has 0 aliphatic rings. The number of ether oxygens (including phenoxy) is 2. The average molecular weight is 492 g/mol. The zero-order valence-electron chi connectivity index (χ0n) is 17.2. The molecule has 0 fully saturated rings. The maximum absolute atomic E-state index is 12.6. The van der Waals surface area contributed by atoms with Gasteiger partial charge in [0.2, 0.25) is 0 Å². The van der Waals surface area contributed by atoms with Crippen molar-refractivity contribution < 1.29 is 29.3 Å². The predicted octanol–water partition coefficient (Wildman–Crippen LogP) is 5.17. The molecule has 7 nitrogen and oxygen atoms in total. The molecular formula is C23H26BrNO6. The van der Waals surface area contributed by atoms with E-state index in [-0.39, 0.29) is 19.1 Å². The first kappa shape index (κ1) is 24.4. The number of carboxylic acid groups (broad SMARTS) is 1. The number of carboxylic acids is 1. The molecule has 3 N–H and O–H groups in total. The van der Waals surface area contributed by atoms with Gasteiger partial charge in [-0.2, -0.15) is 0 Å². The van der Waals surface area contributed by atoms with Crippen LogP contribution >= 0.6 is 15.9 Å². The van der Waals surface area contributed by atoms with E-state index in [4.69, 9.17) is 19.7 Å². The van der Waals surface area contributed by atoms with Crippen LogP contribution in [-0.4, -0.2) is 35.5 Å². The molecule has 2 atom stereocenters. The van der Waals surface area contributed by atoms with Crippen LogP contribution in [0.1, 0.15) is 31.4 Å². The summed E-state index contributed by atoms with van der Waals surface area (Å²) in [7, 11) is 0. The van der Waals surface area contributed by atoms with Crippen LogP contribution < -0.4 is 10.1 Å². The summed E-state index contributed by atoms with van der Waals surface area (Å²) in [5.41, 5.74) is 1.35. The van der Waals surface area contributed by atoms with Crippen molar-refractivity contribution in [3.05, 3.63) is 70.7 Å². The Labute approximate surface area is 189 Å². The molecule has 2 aromatic carbocycles. The lowest BCUT2D eigenvalue weighted by Crippen LogP contribution is -2.22. The third-order valence-corrected chi connectivity index (χ3v) is 4.97. The standard InChI is InChI=1S/C23H26BrNO6/c1-16(5-2-3-8-21(27)28)22(17-6-4-7-20(15-17)30-14-13-26)31-23(29)25-19-11-9-18(24)10-12-19/h3-4,6-12,15-16,22,26H,2,5,13-14H2,1H3,(H,25,29)(H,27,28)/b8-3+/t16-,22+/m1/s1. The van der Waals surface area contributed by atoms with Gasteiger partial charge in [-0.05, 0) is 60.7 Å².